The van der Waals surface area contributed by atoms with Gasteiger partial charge in [0.1, 0.15) is 22.9 Å². The van der Waals surface area contributed by atoms with Gasteiger partial charge in [-0.15, -0.1) is 4.91 Å². The van der Waals surface area contributed by atoms with Gasteiger partial charge in [0.25, 0.3) is 0 Å². The van der Waals surface area contributed by atoms with Crippen LogP contribution in [0.25, 0.3) is 22.3 Å². The highest BCUT2D eigenvalue weighted by molar-refractivity contribution is 6.38. The minimum atomic E-state index is -0.00667. The fourth-order valence-electron chi connectivity index (χ4n) is 7.95. The van der Waals surface area contributed by atoms with Gasteiger partial charge in [-0.2, -0.15) is 0 Å². The number of ether oxygens (including phenoxy) is 1. The SMILES string of the molecule is CC1CC2=NC1=C(c1ccc(O)cc1)C1=NC(=C(c3ccc(Oc4ccc[nH]4)cc3)C3=NC(=C(c4ccc(N=O)cc4)C4=NC(=C2c2ccc(O)cc2)C=C4)C=C3)C=C1. The molecule has 0 radical (unpaired) electrons. The van der Waals surface area contributed by atoms with E-state index in [-0.39, 0.29) is 17.4 Å². The van der Waals surface area contributed by atoms with E-state index in [0.717, 1.165) is 67.4 Å². The van der Waals surface area contributed by atoms with Gasteiger partial charge in [0.05, 0.1) is 45.6 Å². The molecule has 8 bridgehead atoms. The second-order valence-corrected chi connectivity index (χ2v) is 14.6. The highest BCUT2D eigenvalue weighted by Gasteiger charge is 2.32. The van der Waals surface area contributed by atoms with Crippen molar-refractivity contribution in [1.82, 2.24) is 4.98 Å². The molecule has 0 saturated carbocycles. The lowest BCUT2D eigenvalue weighted by Crippen LogP contribution is -2.05. The highest BCUT2D eigenvalue weighted by Crippen LogP contribution is 2.42. The number of aromatic nitrogens is 1. The zero-order valence-corrected chi connectivity index (χ0v) is 31.7. The summed E-state index contributed by atoms with van der Waals surface area (Å²) in [4.78, 5) is 35.9. The number of benzene rings is 4. The largest absolute Gasteiger partial charge is 0.508 e. The number of aliphatic imine (C=N–C) groups is 4. The van der Waals surface area contributed by atoms with Crippen LogP contribution < -0.4 is 4.74 Å². The van der Waals surface area contributed by atoms with Gasteiger partial charge in [-0.05, 0) is 125 Å². The molecule has 4 aromatic carbocycles. The number of hydrogen-bond donors (Lipinski definition) is 3. The van der Waals surface area contributed by atoms with E-state index < -0.39 is 0 Å². The maximum absolute atomic E-state index is 11.4. The Balaban J connectivity index is 1.24. The van der Waals surface area contributed by atoms with E-state index in [1.807, 2.05) is 115 Å². The molecule has 10 heteroatoms. The number of nitroso groups, excluding NO2 is 1. The molecule has 284 valence electrons. The summed E-state index contributed by atoms with van der Waals surface area (Å²) < 4.78 is 6.04. The van der Waals surface area contributed by atoms with Gasteiger partial charge in [0.15, 0.2) is 5.88 Å². The maximum atomic E-state index is 11.4. The van der Waals surface area contributed by atoms with Crippen LogP contribution >= 0.6 is 0 Å². The topological polar surface area (TPSA) is 144 Å². The van der Waals surface area contributed by atoms with E-state index in [9.17, 15) is 15.1 Å². The molecule has 10 nitrogen and oxygen atoms in total. The Bertz CT molecular complexity index is 2920. The molecule has 1 aromatic heterocycles. The monoisotopic (exact) mass is 770 g/mol. The molecule has 0 saturated heterocycles. The van der Waals surface area contributed by atoms with Crippen LogP contribution in [0.1, 0.15) is 35.6 Å². The van der Waals surface area contributed by atoms with E-state index in [1.165, 1.54) is 0 Å². The van der Waals surface area contributed by atoms with Crippen LogP contribution in [0, 0.1) is 10.8 Å². The Labute approximate surface area is 339 Å². The average Bonchev–Trinajstić information content (AvgIpc) is 4.12. The first-order valence-corrected chi connectivity index (χ1v) is 19.2. The third-order valence-electron chi connectivity index (χ3n) is 10.7. The van der Waals surface area contributed by atoms with Crippen LogP contribution in [-0.4, -0.2) is 38.0 Å². The fraction of sp³-hybridized carbons (Fsp3) is 0.0612. The number of aromatic hydroxyl groups is 2. The molecule has 0 aliphatic carbocycles. The van der Waals surface area contributed by atoms with Gasteiger partial charge in [-0.1, -0.05) is 55.5 Å². The second-order valence-electron chi connectivity index (χ2n) is 14.6. The van der Waals surface area contributed by atoms with Crippen molar-refractivity contribution in [3.05, 3.63) is 202 Å². The lowest BCUT2D eigenvalue weighted by Gasteiger charge is -2.14. The molecule has 0 spiro atoms. The van der Waals surface area contributed by atoms with Crippen molar-refractivity contribution >= 4 is 50.8 Å². The predicted molar refractivity (Wildman–Crippen MR) is 234 cm³/mol. The van der Waals surface area contributed by atoms with E-state index in [2.05, 4.69) is 17.1 Å². The Morgan fingerprint density at radius 1 is 0.576 bits per heavy atom. The number of nitrogens with zero attached hydrogens (tertiary/aromatic N) is 5. The summed E-state index contributed by atoms with van der Waals surface area (Å²) in [5.74, 6) is 1.63. The summed E-state index contributed by atoms with van der Waals surface area (Å²) in [5, 5.41) is 23.7. The van der Waals surface area contributed by atoms with Crippen LogP contribution in [0.15, 0.2) is 200 Å². The van der Waals surface area contributed by atoms with Gasteiger partial charge in [0, 0.05) is 40.5 Å². The minimum absolute atomic E-state index is 0.00667. The summed E-state index contributed by atoms with van der Waals surface area (Å²) in [7, 11) is 0. The summed E-state index contributed by atoms with van der Waals surface area (Å²) >= 11 is 0. The molecule has 5 aliphatic rings. The molecule has 5 aromatic rings. The quantitative estimate of drug-likeness (QED) is 0.141. The standard InChI is InChI=1S/C49H34N6O4/c1-28-27-43-47(30-6-14-34(56)15-7-30)41-23-22-38(52-41)45(29-4-12-33(55-58)13-5-29)37-20-21-39(51-37)46(31-10-18-36(19-11-31)59-44-3-2-26-50-44)40-24-25-42(53-40)48(49(28)54-43)32-8-16-35(57)17-9-32/h2-26,28,50,56-57H,27H2,1H3. The number of H-pyrrole nitrogens is 1. The number of nitrogens with one attached hydrogen (secondary N) is 1. The van der Waals surface area contributed by atoms with Gasteiger partial charge >= 0.3 is 0 Å². The van der Waals surface area contributed by atoms with Crippen LogP contribution in [0.5, 0.6) is 23.1 Å². The number of fused-ring (bicyclic) bond motifs is 4. The third kappa shape index (κ3) is 6.62. The van der Waals surface area contributed by atoms with Crippen molar-refractivity contribution < 1.29 is 14.9 Å². The molecule has 0 amide bonds. The van der Waals surface area contributed by atoms with Gasteiger partial charge < -0.3 is 19.9 Å². The molecular formula is C49H34N6O4. The molecule has 5 aliphatic heterocycles. The molecule has 1 unspecified atom stereocenters. The third-order valence-corrected chi connectivity index (χ3v) is 10.7. The van der Waals surface area contributed by atoms with Crippen molar-refractivity contribution in [1.29, 1.82) is 0 Å². The highest BCUT2D eigenvalue weighted by atomic mass is 16.5. The first-order chi connectivity index (χ1) is 28.9. The lowest BCUT2D eigenvalue weighted by molar-refractivity contribution is 0.466. The average molecular weight is 771 g/mol. The Morgan fingerprint density at radius 3 is 1.58 bits per heavy atom. The van der Waals surface area contributed by atoms with Crippen molar-refractivity contribution in [2.75, 3.05) is 0 Å². The van der Waals surface area contributed by atoms with E-state index in [0.29, 0.717) is 46.6 Å². The smallest absolute Gasteiger partial charge is 0.197 e. The van der Waals surface area contributed by atoms with Crippen molar-refractivity contribution in [2.45, 2.75) is 13.3 Å². The number of hydrogen-bond acceptors (Lipinski definition) is 9. The minimum Gasteiger partial charge on any atom is -0.508 e. The van der Waals surface area contributed by atoms with Crippen molar-refractivity contribution in [3.8, 4) is 23.1 Å². The molecule has 59 heavy (non-hydrogen) atoms. The van der Waals surface area contributed by atoms with Crippen LogP contribution in [0.2, 0.25) is 0 Å². The summed E-state index contributed by atoms with van der Waals surface area (Å²) in [6.07, 6.45) is 14.4. The zero-order chi connectivity index (χ0) is 40.0. The van der Waals surface area contributed by atoms with Gasteiger partial charge in [-0.3, -0.25) is 4.99 Å². The normalized spacial score (nSPS) is 18.2. The number of allylic oxidation sites excluding steroid dienone is 11. The predicted octanol–water partition coefficient (Wildman–Crippen LogP) is 11.1. The Hall–Kier alpha value is -7.98. The second kappa shape index (κ2) is 14.5. The molecule has 1 atom stereocenters. The molecule has 3 N–H and O–H groups in total. The number of phenols is 2. The number of phenolic OH excluding ortho intramolecular Hbond substituents is 2. The molecular weight excluding hydrogens is 737 g/mol. The first kappa shape index (κ1) is 35.4. The Kier molecular flexibility index (Phi) is 8.71. The van der Waals surface area contributed by atoms with Gasteiger partial charge in [0.2, 0.25) is 0 Å². The van der Waals surface area contributed by atoms with Crippen molar-refractivity contribution in [2.24, 2.45) is 31.1 Å². The fourth-order valence-corrected chi connectivity index (χ4v) is 7.95. The summed E-state index contributed by atoms with van der Waals surface area (Å²) in [6.45, 7) is 2.16. The van der Waals surface area contributed by atoms with E-state index in [1.54, 1.807) is 36.4 Å². The molecule has 0 fully saturated rings. The van der Waals surface area contributed by atoms with E-state index >= 15 is 0 Å². The number of rotatable bonds is 7. The Morgan fingerprint density at radius 2 is 1.05 bits per heavy atom. The van der Waals surface area contributed by atoms with Crippen LogP contribution in [0.3, 0.4) is 0 Å². The van der Waals surface area contributed by atoms with Crippen LogP contribution in [-0.2, 0) is 0 Å². The first-order valence-electron chi connectivity index (χ1n) is 19.2. The molecule has 10 rings (SSSR count). The maximum Gasteiger partial charge on any atom is 0.197 e. The lowest BCUT2D eigenvalue weighted by atomic mass is 9.91. The summed E-state index contributed by atoms with van der Waals surface area (Å²) in [5.41, 5.74) is 13.0. The number of aromatic amines is 1. The zero-order valence-electron chi connectivity index (χ0n) is 31.7. The van der Waals surface area contributed by atoms with Crippen molar-refractivity contribution in [3.63, 3.8) is 0 Å². The van der Waals surface area contributed by atoms with E-state index in [4.69, 9.17) is 24.7 Å². The summed E-state index contributed by atoms with van der Waals surface area (Å²) in [6, 6.07) is 33.0. The van der Waals surface area contributed by atoms with Gasteiger partial charge in [-0.25, -0.2) is 15.0 Å². The molecule has 6 heterocycles. The van der Waals surface area contributed by atoms with Crippen LogP contribution in [0.4, 0.5) is 5.69 Å².